The van der Waals surface area contributed by atoms with Crippen molar-refractivity contribution >= 4 is 22.4 Å². The van der Waals surface area contributed by atoms with Crippen molar-refractivity contribution in [3.8, 4) is 0 Å². The first-order valence-corrected chi connectivity index (χ1v) is 13.5. The molecule has 5 heteroatoms. The van der Waals surface area contributed by atoms with Crippen LogP contribution in [-0.4, -0.2) is 22.4 Å². The molecule has 1 rings (SSSR count). The molecule has 0 aliphatic rings. The van der Waals surface area contributed by atoms with Gasteiger partial charge in [-0.05, 0) is 52.3 Å². The van der Waals surface area contributed by atoms with Gasteiger partial charge in [-0.15, -0.1) is 0 Å². The minimum absolute atomic E-state index is 0.866. The van der Waals surface area contributed by atoms with Gasteiger partial charge in [-0.1, -0.05) is 23.8 Å². The highest BCUT2D eigenvalue weighted by Gasteiger charge is 2.19. The van der Waals surface area contributed by atoms with E-state index in [2.05, 4.69) is 76.0 Å². The molecular weight excluding hydrogens is 268 g/mol. The number of amidine groups is 1. The number of aryl methyl sites for hydroxylation is 1. The van der Waals surface area contributed by atoms with E-state index in [4.69, 9.17) is 9.18 Å². The molecule has 0 aliphatic heterocycles. The molecule has 1 aromatic carbocycles. The van der Waals surface area contributed by atoms with Gasteiger partial charge in [-0.3, -0.25) is 5.48 Å². The van der Waals surface area contributed by atoms with E-state index in [1.807, 2.05) is 0 Å². The number of benzene rings is 1. The molecule has 3 nitrogen and oxygen atoms in total. The van der Waals surface area contributed by atoms with Crippen molar-refractivity contribution in [2.45, 2.75) is 46.2 Å². The van der Waals surface area contributed by atoms with Crippen molar-refractivity contribution in [1.82, 2.24) is 5.48 Å². The number of hydrogen-bond acceptors (Lipinski definition) is 2. The third-order valence-corrected chi connectivity index (χ3v) is 3.80. The minimum atomic E-state index is -1.62. The van der Waals surface area contributed by atoms with Gasteiger partial charge in [0, 0.05) is 5.56 Å². The van der Waals surface area contributed by atoms with E-state index >= 15 is 0 Å². The Morgan fingerprint density at radius 1 is 1.11 bits per heavy atom. The zero-order chi connectivity index (χ0) is 14.7. The Hall–Kier alpha value is -0.916. The minimum Gasteiger partial charge on any atom is -0.321 e. The molecule has 0 spiro atoms. The molecule has 0 aromatic heterocycles. The lowest BCUT2D eigenvalue weighted by atomic mass is 10.1. The van der Waals surface area contributed by atoms with Crippen molar-refractivity contribution in [2.24, 2.45) is 4.66 Å². The Kier molecular flexibility index (Phi) is 5.12. The molecule has 0 fully saturated rings. The summed E-state index contributed by atoms with van der Waals surface area (Å²) in [7, 11) is -3.17. The van der Waals surface area contributed by atoms with Gasteiger partial charge in [0.1, 0.15) is 5.84 Å². The van der Waals surface area contributed by atoms with Gasteiger partial charge < -0.3 is 9.18 Å². The van der Waals surface area contributed by atoms with Crippen LogP contribution < -0.4 is 5.48 Å². The highest BCUT2D eigenvalue weighted by molar-refractivity contribution is 6.75. The molecule has 1 N–H and O–H groups in total. The first kappa shape index (κ1) is 16.1. The van der Waals surface area contributed by atoms with Crippen LogP contribution in [-0.2, 0) is 4.53 Å². The largest absolute Gasteiger partial charge is 0.321 e. The highest BCUT2D eigenvalue weighted by Crippen LogP contribution is 2.10. The zero-order valence-electron chi connectivity index (χ0n) is 13.2. The summed E-state index contributed by atoms with van der Waals surface area (Å²) in [5, 5.41) is 0. The topological polar surface area (TPSA) is 33.6 Å². The summed E-state index contributed by atoms with van der Waals surface area (Å²) < 4.78 is 10.7. The molecule has 0 radical (unpaired) electrons. The van der Waals surface area contributed by atoms with Gasteiger partial charge in [-0.2, -0.15) is 0 Å². The number of rotatable bonds is 4. The molecule has 0 saturated heterocycles. The van der Waals surface area contributed by atoms with Crippen LogP contribution in [0.15, 0.2) is 28.9 Å². The molecule has 0 saturated carbocycles. The van der Waals surface area contributed by atoms with Gasteiger partial charge in [-0.25, -0.2) is 0 Å². The van der Waals surface area contributed by atoms with E-state index in [0.29, 0.717) is 0 Å². The van der Waals surface area contributed by atoms with Crippen LogP contribution >= 0.6 is 0 Å². The summed E-state index contributed by atoms with van der Waals surface area (Å²) in [5.74, 6) is 0.866. The molecule has 106 valence electrons. The first-order valence-electron chi connectivity index (χ1n) is 6.68. The second-order valence-corrected chi connectivity index (χ2v) is 15.8. The summed E-state index contributed by atoms with van der Waals surface area (Å²) in [5.41, 5.74) is 5.44. The Morgan fingerprint density at radius 3 is 2.21 bits per heavy atom. The molecule has 19 heavy (non-hydrogen) atoms. The van der Waals surface area contributed by atoms with Crippen molar-refractivity contribution < 1.29 is 4.53 Å². The van der Waals surface area contributed by atoms with Gasteiger partial charge in [0.25, 0.3) is 0 Å². The number of nitrogens with zero attached hydrogens (tertiary/aromatic N) is 1. The van der Waals surface area contributed by atoms with Crippen LogP contribution in [0.4, 0.5) is 0 Å². The lowest BCUT2D eigenvalue weighted by Gasteiger charge is -2.22. The first-order chi connectivity index (χ1) is 8.57. The Balaban J connectivity index is 3.03. The van der Waals surface area contributed by atoms with Crippen LogP contribution in [0.3, 0.4) is 0 Å². The maximum Gasteiger partial charge on any atom is 0.220 e. The van der Waals surface area contributed by atoms with E-state index in [1.54, 1.807) is 0 Å². The maximum absolute atomic E-state index is 5.81. The van der Waals surface area contributed by atoms with Crippen molar-refractivity contribution in [3.05, 3.63) is 35.4 Å². The standard InChI is InChI=1S/C14H26N2OSi2/c1-12-9-8-10-13(11-12)14(16-18(2,3)4)15-17-19(5,6)7/h8-11H,1-7H3,(H,15,16). The quantitative estimate of drug-likeness (QED) is 0.395. The SMILES string of the molecule is Cc1cccc(/C(=N/[Si](C)(C)C)NO[Si](C)(C)C)c1. The number of hydrogen-bond donors (Lipinski definition) is 1. The maximum atomic E-state index is 5.81. The molecule has 0 heterocycles. The fraction of sp³-hybridized carbons (Fsp3) is 0.500. The second-order valence-electron chi connectivity index (χ2n) is 6.82. The Morgan fingerprint density at radius 2 is 1.74 bits per heavy atom. The van der Waals surface area contributed by atoms with E-state index in [-0.39, 0.29) is 0 Å². The average molecular weight is 295 g/mol. The normalized spacial score (nSPS) is 13.5. The molecule has 0 atom stereocenters. The lowest BCUT2D eigenvalue weighted by Crippen LogP contribution is -2.39. The zero-order valence-corrected chi connectivity index (χ0v) is 15.2. The summed E-state index contributed by atoms with van der Waals surface area (Å²) in [6, 6.07) is 8.36. The Labute approximate surface area is 119 Å². The second kappa shape index (κ2) is 6.02. The van der Waals surface area contributed by atoms with Crippen LogP contribution in [0.25, 0.3) is 0 Å². The van der Waals surface area contributed by atoms with Crippen LogP contribution in [0, 0.1) is 6.92 Å². The van der Waals surface area contributed by atoms with Crippen molar-refractivity contribution in [1.29, 1.82) is 0 Å². The summed E-state index contributed by atoms with van der Waals surface area (Å²) in [6.07, 6.45) is 0. The summed E-state index contributed by atoms with van der Waals surface area (Å²) in [4.78, 5) is 0. The van der Waals surface area contributed by atoms with E-state index in [9.17, 15) is 0 Å². The predicted octanol–water partition coefficient (Wildman–Crippen LogP) is 3.93. The summed E-state index contributed by atoms with van der Waals surface area (Å²) >= 11 is 0. The van der Waals surface area contributed by atoms with Gasteiger partial charge in [0.15, 0.2) is 8.24 Å². The third kappa shape index (κ3) is 6.70. The van der Waals surface area contributed by atoms with Crippen LogP contribution in [0.5, 0.6) is 0 Å². The lowest BCUT2D eigenvalue weighted by molar-refractivity contribution is 0.255. The molecular formula is C14H26N2OSi2. The van der Waals surface area contributed by atoms with Crippen molar-refractivity contribution in [2.75, 3.05) is 0 Å². The number of nitrogens with one attached hydrogen (secondary N) is 1. The van der Waals surface area contributed by atoms with E-state index in [0.717, 1.165) is 11.4 Å². The van der Waals surface area contributed by atoms with Crippen LogP contribution in [0.1, 0.15) is 11.1 Å². The highest BCUT2D eigenvalue weighted by atomic mass is 28.4. The molecule has 0 aliphatic carbocycles. The average Bonchev–Trinajstić information content (AvgIpc) is 2.21. The van der Waals surface area contributed by atoms with E-state index < -0.39 is 16.6 Å². The predicted molar refractivity (Wildman–Crippen MR) is 88.6 cm³/mol. The number of hydroxylamine groups is 1. The molecule has 0 unspecified atom stereocenters. The third-order valence-electron chi connectivity index (χ3n) is 2.19. The fourth-order valence-corrected chi connectivity index (χ4v) is 2.72. The monoisotopic (exact) mass is 294 g/mol. The fourth-order valence-electron chi connectivity index (χ4n) is 1.48. The van der Waals surface area contributed by atoms with E-state index in [1.165, 1.54) is 5.56 Å². The van der Waals surface area contributed by atoms with Gasteiger partial charge in [0.05, 0.1) is 0 Å². The van der Waals surface area contributed by atoms with Crippen LogP contribution in [0.2, 0.25) is 39.3 Å². The summed E-state index contributed by atoms with van der Waals surface area (Å²) in [6.45, 7) is 15.2. The smallest absolute Gasteiger partial charge is 0.220 e. The van der Waals surface area contributed by atoms with Gasteiger partial charge >= 0.3 is 0 Å². The Bertz CT molecular complexity index is 459. The van der Waals surface area contributed by atoms with Crippen molar-refractivity contribution in [3.63, 3.8) is 0 Å². The molecule has 0 amide bonds. The molecule has 0 bridgehead atoms. The van der Waals surface area contributed by atoms with Gasteiger partial charge in [0.2, 0.25) is 8.32 Å². The molecule has 1 aromatic rings.